The van der Waals surface area contributed by atoms with Gasteiger partial charge in [0, 0.05) is 18.6 Å². The van der Waals surface area contributed by atoms with Crippen molar-refractivity contribution in [1.82, 2.24) is 15.2 Å². The van der Waals surface area contributed by atoms with Gasteiger partial charge in [0.05, 0.1) is 15.6 Å². The van der Waals surface area contributed by atoms with Crippen molar-refractivity contribution in [2.75, 3.05) is 39.1 Å². The van der Waals surface area contributed by atoms with Crippen LogP contribution in [0.15, 0.2) is 16.5 Å². The number of carbonyl (C=O) groups is 1. The number of halogens is 3. The van der Waals surface area contributed by atoms with Gasteiger partial charge >= 0.3 is 6.03 Å². The Labute approximate surface area is 172 Å². The Hall–Kier alpha value is -1.98. The van der Waals surface area contributed by atoms with E-state index in [1.807, 2.05) is 25.1 Å². The number of carbonyl (C=O) groups excluding carboxylic acids is 1. The molecule has 0 bridgehead atoms. The lowest BCUT2D eigenvalue weighted by Crippen LogP contribution is -2.38. The Morgan fingerprint density at radius 1 is 1.30 bits per heavy atom. The number of nitrogens with zero attached hydrogens (tertiary/aromatic N) is 4. The predicted octanol–water partition coefficient (Wildman–Crippen LogP) is 4.27. The van der Waals surface area contributed by atoms with Crippen molar-refractivity contribution >= 4 is 46.7 Å². The lowest BCUT2D eigenvalue weighted by Gasteiger charge is -2.16. The highest BCUT2D eigenvalue weighted by atomic mass is 35.5. The summed E-state index contributed by atoms with van der Waals surface area (Å²) in [5.41, 5.74) is 0.278. The Balaban J connectivity index is 2.24. The third-order valence-electron chi connectivity index (χ3n) is 3.61. The van der Waals surface area contributed by atoms with Crippen LogP contribution in [-0.4, -0.2) is 50.1 Å². The topological polar surface area (TPSA) is 85.4 Å². The number of anilines is 1. The summed E-state index contributed by atoms with van der Waals surface area (Å²) in [5.74, 6) is 0.0491. The monoisotopic (exact) mass is 429 g/mol. The number of hydrogen-bond donors (Lipinski definition) is 1. The molecule has 1 aromatic carbocycles. The molecule has 1 aromatic heterocycles. The van der Waals surface area contributed by atoms with Crippen LogP contribution in [0.3, 0.4) is 0 Å². The van der Waals surface area contributed by atoms with Crippen LogP contribution in [0.25, 0.3) is 11.5 Å². The first kappa shape index (κ1) is 21.3. The number of oxazole rings is 1. The second kappa shape index (κ2) is 9.29. The Morgan fingerprint density at radius 3 is 2.63 bits per heavy atom. The van der Waals surface area contributed by atoms with E-state index in [1.165, 1.54) is 24.1 Å². The maximum absolute atomic E-state index is 12.3. The molecule has 10 heteroatoms. The molecule has 2 rings (SSSR count). The minimum atomic E-state index is -0.414. The number of rotatable bonds is 6. The zero-order chi connectivity index (χ0) is 20.1. The normalized spacial score (nSPS) is 10.7. The summed E-state index contributed by atoms with van der Waals surface area (Å²) in [7, 11) is 5.39. The van der Waals surface area contributed by atoms with Crippen molar-refractivity contribution in [3.05, 3.63) is 32.9 Å². The smallest absolute Gasteiger partial charge is 0.324 e. The van der Waals surface area contributed by atoms with E-state index in [4.69, 9.17) is 39.2 Å². The average Bonchev–Trinajstić information content (AvgIpc) is 3.04. The first-order valence-corrected chi connectivity index (χ1v) is 9.10. The fourth-order valence-corrected chi connectivity index (χ4v) is 2.92. The summed E-state index contributed by atoms with van der Waals surface area (Å²) >= 11 is 18.2. The Kier molecular flexibility index (Phi) is 7.33. The van der Waals surface area contributed by atoms with E-state index in [1.54, 1.807) is 0 Å². The van der Waals surface area contributed by atoms with E-state index in [9.17, 15) is 10.1 Å². The number of hydrogen-bond acceptors (Lipinski definition) is 5. The molecule has 144 valence electrons. The number of nitrogens with one attached hydrogen (secondary N) is 1. The molecule has 1 heterocycles. The van der Waals surface area contributed by atoms with Gasteiger partial charge in [-0.15, -0.1) is 0 Å². The predicted molar refractivity (Wildman–Crippen MR) is 107 cm³/mol. The molecule has 0 saturated carbocycles. The number of aromatic nitrogens is 1. The van der Waals surface area contributed by atoms with Crippen LogP contribution >= 0.6 is 34.8 Å². The van der Waals surface area contributed by atoms with Crippen molar-refractivity contribution in [3.8, 4) is 17.5 Å². The molecular formula is C17H18Cl3N5O2. The molecule has 0 aliphatic heterocycles. The summed E-state index contributed by atoms with van der Waals surface area (Å²) < 4.78 is 5.63. The van der Waals surface area contributed by atoms with Gasteiger partial charge in [0.15, 0.2) is 0 Å². The van der Waals surface area contributed by atoms with Crippen LogP contribution in [0, 0.1) is 11.3 Å². The summed E-state index contributed by atoms with van der Waals surface area (Å²) in [6, 6.07) is 4.50. The fourth-order valence-electron chi connectivity index (χ4n) is 2.24. The Bertz CT molecular complexity index is 876. The minimum Gasteiger partial charge on any atom is -0.418 e. The Morgan fingerprint density at radius 2 is 2.00 bits per heavy atom. The minimum absolute atomic E-state index is 0.00442. The standard InChI is InChI=1S/C17H18Cl3N5O2/c1-24(2)6-4-5-22-17(26)25(3)16-13(9-21)23-15(27-16)11-7-10(18)8-12(19)14(11)20/h7-8H,4-6H2,1-3H3,(H,22,26). The number of urea groups is 1. The molecule has 1 N–H and O–H groups in total. The van der Waals surface area contributed by atoms with Crippen LogP contribution < -0.4 is 10.2 Å². The summed E-state index contributed by atoms with van der Waals surface area (Å²) in [6.07, 6.45) is 0.788. The molecule has 0 fully saturated rings. The lowest BCUT2D eigenvalue weighted by atomic mass is 10.2. The van der Waals surface area contributed by atoms with E-state index >= 15 is 0 Å². The first-order valence-electron chi connectivity index (χ1n) is 7.96. The maximum Gasteiger partial charge on any atom is 0.324 e. The van der Waals surface area contributed by atoms with Crippen LogP contribution in [0.4, 0.5) is 10.7 Å². The zero-order valence-electron chi connectivity index (χ0n) is 15.0. The van der Waals surface area contributed by atoms with E-state index in [-0.39, 0.29) is 27.5 Å². The van der Waals surface area contributed by atoms with Crippen molar-refractivity contribution in [2.24, 2.45) is 0 Å². The van der Waals surface area contributed by atoms with Crippen molar-refractivity contribution < 1.29 is 9.21 Å². The van der Waals surface area contributed by atoms with Gasteiger partial charge in [-0.25, -0.2) is 4.79 Å². The van der Waals surface area contributed by atoms with E-state index < -0.39 is 6.03 Å². The van der Waals surface area contributed by atoms with Crippen LogP contribution in [0.5, 0.6) is 0 Å². The molecule has 2 aromatic rings. The molecule has 2 amide bonds. The molecule has 27 heavy (non-hydrogen) atoms. The number of nitriles is 1. The van der Waals surface area contributed by atoms with Crippen molar-refractivity contribution in [3.63, 3.8) is 0 Å². The highest BCUT2D eigenvalue weighted by Crippen LogP contribution is 2.38. The molecule has 0 aliphatic carbocycles. The number of amides is 2. The SMILES string of the molecule is CN(C)CCCNC(=O)N(C)c1oc(-c2cc(Cl)cc(Cl)c2Cl)nc1C#N. The van der Waals surface area contributed by atoms with Crippen molar-refractivity contribution in [1.29, 1.82) is 5.26 Å². The molecule has 0 aliphatic rings. The number of benzene rings is 1. The van der Waals surface area contributed by atoms with Crippen LogP contribution in [0.1, 0.15) is 12.1 Å². The maximum atomic E-state index is 12.3. The van der Waals surface area contributed by atoms with Gasteiger partial charge in [-0.2, -0.15) is 10.2 Å². The lowest BCUT2D eigenvalue weighted by molar-refractivity contribution is 0.246. The highest BCUT2D eigenvalue weighted by molar-refractivity contribution is 6.44. The van der Waals surface area contributed by atoms with E-state index in [0.29, 0.717) is 17.1 Å². The first-order chi connectivity index (χ1) is 12.7. The molecule has 0 unspecified atom stereocenters. The zero-order valence-corrected chi connectivity index (χ0v) is 17.3. The van der Waals surface area contributed by atoms with E-state index in [0.717, 1.165) is 13.0 Å². The van der Waals surface area contributed by atoms with Gasteiger partial charge in [-0.1, -0.05) is 34.8 Å². The molecular weight excluding hydrogens is 413 g/mol. The second-order valence-corrected chi connectivity index (χ2v) is 7.20. The summed E-state index contributed by atoms with van der Waals surface area (Å²) in [6.45, 7) is 1.33. The largest absolute Gasteiger partial charge is 0.418 e. The molecule has 0 spiro atoms. The average molecular weight is 431 g/mol. The van der Waals surface area contributed by atoms with Gasteiger partial charge in [0.1, 0.15) is 6.07 Å². The molecule has 0 atom stereocenters. The summed E-state index contributed by atoms with van der Waals surface area (Å²) in [4.78, 5) is 19.6. The van der Waals surface area contributed by atoms with Gasteiger partial charge in [-0.05, 0) is 39.2 Å². The van der Waals surface area contributed by atoms with Crippen molar-refractivity contribution in [2.45, 2.75) is 6.42 Å². The molecule has 0 radical (unpaired) electrons. The second-order valence-electron chi connectivity index (χ2n) is 5.98. The third kappa shape index (κ3) is 5.27. The fraction of sp³-hybridized carbons (Fsp3) is 0.353. The highest BCUT2D eigenvalue weighted by Gasteiger charge is 2.24. The molecule has 7 nitrogen and oxygen atoms in total. The quantitative estimate of drug-likeness (QED) is 0.546. The third-order valence-corrected chi connectivity index (χ3v) is 4.63. The molecule has 0 saturated heterocycles. The summed E-state index contributed by atoms with van der Waals surface area (Å²) in [5, 5.41) is 12.9. The van der Waals surface area contributed by atoms with Crippen LogP contribution in [-0.2, 0) is 0 Å². The van der Waals surface area contributed by atoms with Gasteiger partial charge in [0.2, 0.25) is 17.5 Å². The van der Waals surface area contributed by atoms with Gasteiger partial charge < -0.3 is 14.6 Å². The van der Waals surface area contributed by atoms with E-state index in [2.05, 4.69) is 10.3 Å². The van der Waals surface area contributed by atoms with Gasteiger partial charge in [-0.3, -0.25) is 4.90 Å². The van der Waals surface area contributed by atoms with Crippen LogP contribution in [0.2, 0.25) is 15.1 Å². The van der Waals surface area contributed by atoms with Gasteiger partial charge in [0.25, 0.3) is 0 Å².